The van der Waals surface area contributed by atoms with E-state index in [1.807, 2.05) is 0 Å². The quantitative estimate of drug-likeness (QED) is 0.172. The van der Waals surface area contributed by atoms with E-state index in [-0.39, 0.29) is 34.1 Å². The molecule has 0 N–H and O–H groups in total. The minimum Gasteiger partial charge on any atom is -0.200 e. The zero-order valence-corrected chi connectivity index (χ0v) is 32.2. The van der Waals surface area contributed by atoms with Crippen LogP contribution in [0.4, 0.5) is 0 Å². The lowest BCUT2D eigenvalue weighted by molar-refractivity contribution is 0.590. The molecule has 0 saturated carbocycles. The summed E-state index contributed by atoms with van der Waals surface area (Å²) in [5.74, 6) is 0. The van der Waals surface area contributed by atoms with Crippen molar-refractivity contribution < 1.29 is 0 Å². The van der Waals surface area contributed by atoms with Gasteiger partial charge in [-0.3, -0.25) is 0 Å². The van der Waals surface area contributed by atoms with Gasteiger partial charge < -0.3 is 0 Å². The van der Waals surface area contributed by atoms with Gasteiger partial charge in [-0.25, -0.2) is 10.9 Å². The summed E-state index contributed by atoms with van der Waals surface area (Å²) >= 11 is 0. The third kappa shape index (κ3) is 5.84. The molecule has 0 fully saturated rings. The van der Waals surface area contributed by atoms with E-state index in [1.165, 1.54) is 61.0 Å². The molecule has 0 radical (unpaired) electrons. The highest BCUT2D eigenvalue weighted by Crippen LogP contribution is 2.39. The lowest BCUT2D eigenvalue weighted by atomic mass is 9.16. The predicted octanol–water partition coefficient (Wildman–Crippen LogP) is 9.35. The maximum Gasteiger partial charge on any atom is 0.184 e. The summed E-state index contributed by atoms with van der Waals surface area (Å²) in [7, 11) is 0. The molecule has 2 heteroatoms. The van der Waals surface area contributed by atoms with Gasteiger partial charge in [-0.05, 0) is 55.0 Å². The monoisotopic (exact) mass is 641 g/mol. The van der Waals surface area contributed by atoms with Crippen molar-refractivity contribution in [3.8, 4) is 22.3 Å². The van der Waals surface area contributed by atoms with Crippen molar-refractivity contribution >= 4 is 35.3 Å². The topological polar surface area (TPSA) is 0 Å². The minimum absolute atomic E-state index is 0.0653. The van der Waals surface area contributed by atoms with Crippen molar-refractivity contribution in [2.75, 3.05) is 0 Å². The SMILES string of the molecule is CC(C)(C)c1ccc2c(c1)B([C@@H]([BH-]1c3cc(C(C)(C)C)ccc3-c3ccc(C(C)(C)C)cc31)c1ccccc1)c1cc(C(C)(C)C)ccc1-2. The summed E-state index contributed by atoms with van der Waals surface area (Å²) in [5.41, 5.74) is 19.6. The highest BCUT2D eigenvalue weighted by atomic mass is 14.3. The Labute approximate surface area is 297 Å². The summed E-state index contributed by atoms with van der Waals surface area (Å²) in [6.07, 6.45) is 0. The molecule has 2 heterocycles. The fourth-order valence-corrected chi connectivity index (χ4v) is 8.98. The fraction of sp³-hybridized carbons (Fsp3) is 0.362. The number of hydrogen-bond donors (Lipinski definition) is 0. The van der Waals surface area contributed by atoms with Crippen molar-refractivity contribution in [2.45, 2.75) is 110 Å². The smallest absolute Gasteiger partial charge is 0.184 e. The van der Waals surface area contributed by atoms with E-state index in [2.05, 4.69) is 186 Å². The average molecular weight is 642 g/mol. The second-order valence-corrected chi connectivity index (χ2v) is 19.4. The van der Waals surface area contributed by atoms with Gasteiger partial charge >= 0.3 is 0 Å². The predicted molar refractivity (Wildman–Crippen MR) is 219 cm³/mol. The normalized spacial score (nSPS) is 15.1. The van der Waals surface area contributed by atoms with Crippen molar-refractivity contribution in [1.29, 1.82) is 0 Å². The lowest BCUT2D eigenvalue weighted by Gasteiger charge is -2.38. The maximum atomic E-state index is 2.61. The molecular formula is C47H55B2-. The number of benzene rings is 5. The summed E-state index contributed by atoms with van der Waals surface area (Å²) in [6.45, 7) is 27.5. The molecule has 5 aromatic carbocycles. The molecule has 0 nitrogen and oxygen atoms in total. The molecule has 5 aromatic rings. The number of hydrogen-bond acceptors (Lipinski definition) is 0. The van der Waals surface area contributed by atoms with Gasteiger partial charge in [0.15, 0.2) is 6.71 Å². The Morgan fingerprint density at radius 2 is 0.755 bits per heavy atom. The molecule has 0 saturated heterocycles. The highest BCUT2D eigenvalue weighted by molar-refractivity contribution is 7.05. The van der Waals surface area contributed by atoms with E-state index >= 15 is 0 Å². The summed E-state index contributed by atoms with van der Waals surface area (Å²) in [5, 5.41) is 0. The second kappa shape index (κ2) is 11.4. The molecule has 0 unspecified atom stereocenters. The van der Waals surface area contributed by atoms with Gasteiger partial charge in [-0.2, -0.15) is 0 Å². The Balaban J connectivity index is 1.58. The molecule has 0 bridgehead atoms. The van der Waals surface area contributed by atoms with E-state index in [0.717, 1.165) is 0 Å². The van der Waals surface area contributed by atoms with E-state index in [9.17, 15) is 0 Å². The van der Waals surface area contributed by atoms with E-state index in [1.54, 1.807) is 10.9 Å². The third-order valence-corrected chi connectivity index (χ3v) is 11.9. The maximum absolute atomic E-state index is 2.61. The van der Waals surface area contributed by atoms with E-state index in [0.29, 0.717) is 0 Å². The van der Waals surface area contributed by atoms with Gasteiger partial charge in [0.1, 0.15) is 0 Å². The van der Waals surface area contributed by atoms with Gasteiger partial charge in [0.2, 0.25) is 0 Å². The van der Waals surface area contributed by atoms with E-state index in [4.69, 9.17) is 0 Å². The minimum atomic E-state index is -1.06. The summed E-state index contributed by atoms with van der Waals surface area (Å²) in [6, 6.07) is 41.3. The van der Waals surface area contributed by atoms with Crippen molar-refractivity contribution in [2.24, 2.45) is 0 Å². The molecule has 7 rings (SSSR count). The van der Waals surface area contributed by atoms with Crippen molar-refractivity contribution in [3.05, 3.63) is 131 Å². The zero-order valence-electron chi connectivity index (χ0n) is 32.2. The first-order valence-electron chi connectivity index (χ1n) is 18.7. The first kappa shape index (κ1) is 33.7. The molecule has 49 heavy (non-hydrogen) atoms. The van der Waals surface area contributed by atoms with Crippen LogP contribution in [0.15, 0.2) is 103 Å². The highest BCUT2D eigenvalue weighted by Gasteiger charge is 2.43. The fourth-order valence-electron chi connectivity index (χ4n) is 8.98. The van der Waals surface area contributed by atoms with Crippen LogP contribution in [0.5, 0.6) is 0 Å². The standard InChI is InChI=1S/C47H55B2/c1-44(2,3)31-18-22-35-36-23-19-32(45(4,5)6)27-40(36)48(39(35)26-31)43(30-16-14-13-15-17-30)49-41-28-33(46(7,8)9)20-24-37(41)38-25-21-34(29-42(38)49)47(10,11)12/h13-29,43,48H,1-12H3/q-1/t43-/m1/s1. The number of fused-ring (bicyclic) bond motifs is 6. The van der Waals surface area contributed by atoms with Gasteiger partial charge in [0.05, 0.1) is 0 Å². The zero-order chi connectivity index (χ0) is 35.3. The average Bonchev–Trinajstić information content (AvgIpc) is 3.52. The molecule has 0 aliphatic carbocycles. The number of rotatable bonds is 3. The molecule has 1 atom stereocenters. The first-order valence-corrected chi connectivity index (χ1v) is 18.7. The Morgan fingerprint density at radius 3 is 1.12 bits per heavy atom. The van der Waals surface area contributed by atoms with Crippen LogP contribution in [0.25, 0.3) is 22.3 Å². The lowest BCUT2D eigenvalue weighted by Crippen LogP contribution is -2.57. The van der Waals surface area contributed by atoms with Crippen LogP contribution in [0, 0.1) is 0 Å². The molecular weight excluding hydrogens is 586 g/mol. The molecule has 250 valence electrons. The summed E-state index contributed by atoms with van der Waals surface area (Å²) < 4.78 is 0. The molecule has 2 aliphatic rings. The van der Waals surface area contributed by atoms with Crippen LogP contribution in [0.2, 0.25) is 0 Å². The van der Waals surface area contributed by atoms with Gasteiger partial charge in [-0.1, -0.05) is 214 Å². The van der Waals surface area contributed by atoms with Crippen molar-refractivity contribution in [3.63, 3.8) is 0 Å². The molecule has 0 aromatic heterocycles. The van der Waals surface area contributed by atoms with Crippen LogP contribution < -0.4 is 21.9 Å². The van der Waals surface area contributed by atoms with Crippen LogP contribution in [-0.4, -0.2) is 13.4 Å². The van der Waals surface area contributed by atoms with Crippen LogP contribution in [0.3, 0.4) is 0 Å². The second-order valence-electron chi connectivity index (χ2n) is 19.4. The van der Waals surface area contributed by atoms with Gasteiger partial charge in [-0.15, -0.1) is 5.72 Å². The van der Waals surface area contributed by atoms with Crippen LogP contribution in [0.1, 0.15) is 117 Å². The van der Waals surface area contributed by atoms with E-state index < -0.39 is 6.71 Å². The van der Waals surface area contributed by atoms with Crippen molar-refractivity contribution in [1.82, 2.24) is 0 Å². The molecule has 0 amide bonds. The Hall–Kier alpha value is -3.77. The van der Waals surface area contributed by atoms with Crippen LogP contribution in [-0.2, 0) is 21.7 Å². The first-order chi connectivity index (χ1) is 22.8. The van der Waals surface area contributed by atoms with Gasteiger partial charge in [0, 0.05) is 6.71 Å². The largest absolute Gasteiger partial charge is 0.200 e. The third-order valence-electron chi connectivity index (χ3n) is 11.9. The Morgan fingerprint density at radius 1 is 0.408 bits per heavy atom. The van der Waals surface area contributed by atoms with Gasteiger partial charge in [0.25, 0.3) is 0 Å². The molecule has 0 spiro atoms. The Kier molecular flexibility index (Phi) is 7.83. The Bertz CT molecular complexity index is 1800. The molecule has 2 aliphatic heterocycles. The van der Waals surface area contributed by atoms with Crippen LogP contribution >= 0.6 is 0 Å². The summed E-state index contributed by atoms with van der Waals surface area (Å²) in [4.78, 5) is 0.